The molecule has 0 aromatic carbocycles. The molecule has 0 spiro atoms. The van der Waals surface area contributed by atoms with Crippen molar-refractivity contribution in [2.24, 2.45) is 10.9 Å². The molecule has 0 aliphatic heterocycles. The molecule has 18 heavy (non-hydrogen) atoms. The molecule has 7 nitrogen and oxygen atoms in total. The van der Waals surface area contributed by atoms with Crippen LogP contribution in [0.1, 0.15) is 5.69 Å². The van der Waals surface area contributed by atoms with Crippen molar-refractivity contribution in [1.82, 2.24) is 4.98 Å². The average molecular weight is 254 g/mol. The number of nitrogens with zero attached hydrogens (tertiary/aromatic N) is 3. The zero-order valence-corrected chi connectivity index (χ0v) is 10.4. The summed E-state index contributed by atoms with van der Waals surface area (Å²) in [6, 6.07) is 3.45. The molecule has 0 fully saturated rings. The van der Waals surface area contributed by atoms with E-state index in [2.05, 4.69) is 10.1 Å². The van der Waals surface area contributed by atoms with E-state index < -0.39 is 6.10 Å². The first-order valence-electron chi connectivity index (χ1n) is 5.40. The summed E-state index contributed by atoms with van der Waals surface area (Å²) in [5.74, 6) is -0.0531. The topological polar surface area (TPSA) is 104 Å². The standard InChI is InChI=1S/C11H18N4O3/c1-15(6-9(16)7-18-2)8-3-4-13-10(5-8)11(12)14-17/h3-5,9,16-17H,6-7H2,1-2H3,(H2,12,14). The quantitative estimate of drug-likeness (QED) is 0.277. The van der Waals surface area contributed by atoms with Gasteiger partial charge in [0.25, 0.3) is 0 Å². The van der Waals surface area contributed by atoms with Gasteiger partial charge < -0.3 is 25.7 Å². The van der Waals surface area contributed by atoms with Gasteiger partial charge in [0.2, 0.25) is 0 Å². The van der Waals surface area contributed by atoms with Gasteiger partial charge in [-0.2, -0.15) is 0 Å². The Morgan fingerprint density at radius 1 is 1.67 bits per heavy atom. The third-order valence-corrected chi connectivity index (χ3v) is 2.40. The van der Waals surface area contributed by atoms with Crippen LogP contribution < -0.4 is 10.6 Å². The number of nitrogens with two attached hydrogens (primary N) is 1. The zero-order chi connectivity index (χ0) is 13.5. The van der Waals surface area contributed by atoms with E-state index in [-0.39, 0.29) is 12.4 Å². The first-order chi connectivity index (χ1) is 8.58. The number of likely N-dealkylation sites (N-methyl/N-ethyl adjacent to an activating group) is 1. The van der Waals surface area contributed by atoms with Gasteiger partial charge in [-0.3, -0.25) is 4.98 Å². The second-order valence-electron chi connectivity index (χ2n) is 3.87. The number of aliphatic hydroxyl groups is 1. The van der Waals surface area contributed by atoms with Crippen LogP contribution in [0.3, 0.4) is 0 Å². The van der Waals surface area contributed by atoms with Crippen molar-refractivity contribution in [1.29, 1.82) is 0 Å². The number of anilines is 1. The minimum atomic E-state index is -0.583. The van der Waals surface area contributed by atoms with Gasteiger partial charge in [-0.1, -0.05) is 5.16 Å². The summed E-state index contributed by atoms with van der Waals surface area (Å²) in [4.78, 5) is 5.81. The third-order valence-electron chi connectivity index (χ3n) is 2.40. The largest absolute Gasteiger partial charge is 0.409 e. The molecule has 1 rings (SSSR count). The van der Waals surface area contributed by atoms with E-state index in [1.807, 2.05) is 11.9 Å². The highest BCUT2D eigenvalue weighted by Gasteiger charge is 2.10. The lowest BCUT2D eigenvalue weighted by Gasteiger charge is -2.22. The number of rotatable bonds is 6. The van der Waals surface area contributed by atoms with Gasteiger partial charge in [0.05, 0.1) is 12.7 Å². The fraction of sp³-hybridized carbons (Fsp3) is 0.455. The Bertz CT molecular complexity index is 411. The minimum Gasteiger partial charge on any atom is -0.409 e. The predicted molar refractivity (Wildman–Crippen MR) is 67.9 cm³/mol. The highest BCUT2D eigenvalue weighted by Crippen LogP contribution is 2.13. The van der Waals surface area contributed by atoms with Gasteiger partial charge in [-0.15, -0.1) is 0 Å². The molecule has 100 valence electrons. The number of pyridine rings is 1. The summed E-state index contributed by atoms with van der Waals surface area (Å²) in [5, 5.41) is 21.1. The maximum absolute atomic E-state index is 9.63. The third kappa shape index (κ3) is 3.86. The second kappa shape index (κ2) is 6.77. The minimum absolute atomic E-state index is 0.0531. The number of hydrogen-bond acceptors (Lipinski definition) is 6. The van der Waals surface area contributed by atoms with Crippen LogP contribution in [0.15, 0.2) is 23.5 Å². The molecule has 0 amide bonds. The Labute approximate surface area is 105 Å². The van der Waals surface area contributed by atoms with Gasteiger partial charge in [-0.25, -0.2) is 0 Å². The van der Waals surface area contributed by atoms with Crippen LogP contribution in [0.2, 0.25) is 0 Å². The Kier molecular flexibility index (Phi) is 5.34. The van der Waals surface area contributed by atoms with E-state index in [9.17, 15) is 5.11 Å². The zero-order valence-electron chi connectivity index (χ0n) is 10.4. The molecule has 1 aromatic heterocycles. The molecular formula is C11H18N4O3. The van der Waals surface area contributed by atoms with Crippen molar-refractivity contribution >= 4 is 11.5 Å². The summed E-state index contributed by atoms with van der Waals surface area (Å²) < 4.78 is 4.86. The van der Waals surface area contributed by atoms with Crippen LogP contribution in [-0.2, 0) is 4.74 Å². The maximum Gasteiger partial charge on any atom is 0.188 e. The molecule has 1 atom stereocenters. The fourth-order valence-corrected chi connectivity index (χ4v) is 1.51. The van der Waals surface area contributed by atoms with Gasteiger partial charge in [0, 0.05) is 32.6 Å². The van der Waals surface area contributed by atoms with Crippen LogP contribution in [0, 0.1) is 0 Å². The normalized spacial score (nSPS) is 13.4. The highest BCUT2D eigenvalue weighted by atomic mass is 16.5. The van der Waals surface area contributed by atoms with E-state index >= 15 is 0 Å². The Balaban J connectivity index is 2.77. The number of amidine groups is 1. The van der Waals surface area contributed by atoms with E-state index in [1.54, 1.807) is 18.3 Å². The Morgan fingerprint density at radius 3 is 3.00 bits per heavy atom. The molecule has 0 bridgehead atoms. The summed E-state index contributed by atoms with van der Waals surface area (Å²) in [7, 11) is 3.36. The Hall–Kier alpha value is -1.86. The first kappa shape index (κ1) is 14.2. The molecule has 1 heterocycles. The number of aliphatic hydroxyl groups excluding tert-OH is 1. The van der Waals surface area contributed by atoms with Crippen molar-refractivity contribution in [3.8, 4) is 0 Å². The van der Waals surface area contributed by atoms with Crippen LogP contribution in [0.25, 0.3) is 0 Å². The van der Waals surface area contributed by atoms with Gasteiger partial charge >= 0.3 is 0 Å². The molecule has 0 saturated heterocycles. The molecule has 4 N–H and O–H groups in total. The van der Waals surface area contributed by atoms with Crippen LogP contribution in [0.4, 0.5) is 5.69 Å². The monoisotopic (exact) mass is 254 g/mol. The second-order valence-corrected chi connectivity index (χ2v) is 3.87. The van der Waals surface area contributed by atoms with E-state index in [0.29, 0.717) is 12.2 Å². The van der Waals surface area contributed by atoms with Crippen molar-refractivity contribution in [2.75, 3.05) is 32.2 Å². The SMILES string of the molecule is COCC(O)CN(C)c1ccnc(C(N)=NO)c1. The summed E-state index contributed by atoms with van der Waals surface area (Å²) in [6.45, 7) is 0.677. The number of ether oxygens (including phenoxy) is 1. The van der Waals surface area contributed by atoms with Gasteiger partial charge in [0.1, 0.15) is 5.69 Å². The molecule has 7 heteroatoms. The van der Waals surface area contributed by atoms with Gasteiger partial charge in [0.15, 0.2) is 5.84 Å². The lowest BCUT2D eigenvalue weighted by molar-refractivity contribution is 0.0695. The number of oxime groups is 1. The summed E-state index contributed by atoms with van der Waals surface area (Å²) in [5.41, 5.74) is 6.65. The van der Waals surface area contributed by atoms with E-state index in [0.717, 1.165) is 5.69 Å². The molecule has 1 aromatic rings. The summed E-state index contributed by atoms with van der Waals surface area (Å²) in [6.07, 6.45) is 0.975. The average Bonchev–Trinajstić information content (AvgIpc) is 2.38. The lowest BCUT2D eigenvalue weighted by Crippen LogP contribution is -2.32. The van der Waals surface area contributed by atoms with Crippen molar-refractivity contribution < 1.29 is 15.1 Å². The lowest BCUT2D eigenvalue weighted by atomic mass is 10.2. The highest BCUT2D eigenvalue weighted by molar-refractivity contribution is 5.95. The van der Waals surface area contributed by atoms with E-state index in [4.69, 9.17) is 15.7 Å². The van der Waals surface area contributed by atoms with Gasteiger partial charge in [-0.05, 0) is 12.1 Å². The van der Waals surface area contributed by atoms with Crippen molar-refractivity contribution in [3.05, 3.63) is 24.0 Å². The molecule has 0 radical (unpaired) electrons. The number of hydrogen-bond donors (Lipinski definition) is 3. The Morgan fingerprint density at radius 2 is 2.39 bits per heavy atom. The number of methoxy groups -OCH3 is 1. The van der Waals surface area contributed by atoms with Crippen molar-refractivity contribution in [3.63, 3.8) is 0 Å². The van der Waals surface area contributed by atoms with Crippen molar-refractivity contribution in [2.45, 2.75) is 6.10 Å². The van der Waals surface area contributed by atoms with Crippen LogP contribution in [0.5, 0.6) is 0 Å². The molecule has 0 aliphatic carbocycles. The summed E-state index contributed by atoms with van der Waals surface area (Å²) >= 11 is 0. The van der Waals surface area contributed by atoms with Crippen LogP contribution in [-0.4, -0.2) is 54.5 Å². The maximum atomic E-state index is 9.63. The number of aromatic nitrogens is 1. The predicted octanol–water partition coefficient (Wildman–Crippen LogP) is -0.380. The molecule has 0 aliphatic rings. The smallest absolute Gasteiger partial charge is 0.188 e. The first-order valence-corrected chi connectivity index (χ1v) is 5.40. The molecular weight excluding hydrogens is 236 g/mol. The molecule has 0 saturated carbocycles. The van der Waals surface area contributed by atoms with E-state index in [1.165, 1.54) is 7.11 Å². The fourth-order valence-electron chi connectivity index (χ4n) is 1.51. The van der Waals surface area contributed by atoms with Crippen LogP contribution >= 0.6 is 0 Å². The molecule has 1 unspecified atom stereocenters.